The molecule has 0 radical (unpaired) electrons. The number of sulfonamides is 3. The summed E-state index contributed by atoms with van der Waals surface area (Å²) in [6.07, 6.45) is 1.09. The molecule has 0 aliphatic carbocycles. The zero-order valence-electron chi connectivity index (χ0n) is 65.6. The maximum absolute atomic E-state index is 13.7. The lowest BCUT2D eigenvalue weighted by molar-refractivity contribution is -0.133. The fraction of sp³-hybridized carbons (Fsp3) is 0.506. The molecule has 6 aromatic rings. The number of fused-ring (bicyclic) bond motifs is 3. The minimum atomic E-state index is -3.89. The summed E-state index contributed by atoms with van der Waals surface area (Å²) in [5.41, 5.74) is 7.26. The number of ether oxygens (including phenoxy) is 6. The molecule has 0 saturated carbocycles. The second-order valence-corrected chi connectivity index (χ2v) is 37.3. The van der Waals surface area contributed by atoms with Crippen molar-refractivity contribution < 1.29 is 72.9 Å². The number of nitrogens with one attached hydrogen (secondary N) is 5. The largest absolute Gasteiger partial charge is 0.379 e. The Hall–Kier alpha value is -5.49. The summed E-state index contributed by atoms with van der Waals surface area (Å²) in [5, 5.41) is 8.96. The van der Waals surface area contributed by atoms with E-state index in [-0.39, 0.29) is 219 Å². The van der Waals surface area contributed by atoms with Crippen LogP contribution in [0.3, 0.4) is 0 Å². The SMILES string of the molecule is CN1Cc2c(Cl)cc(Cl)cc2[C@H](c2cccc(S(=O)(=O)NCCOCCOCCCC(=O)CCC(CCC(=O)NCCOCCOCCNS(=O)(=O)c3cccc([C@@H]4CN(C)Cc5c(Cl)cc(Cl)cc54)c3)(CCC(=O)NCCOCCOCCNS(=O)(=O)c3cccc([C@@H]4CN(C)Cc5c(Cl)cc(Cl)cc54)c3)CC(=O)N(C)C)c2)C1. The molecule has 630 valence electrons. The molecule has 3 amide bonds. The molecule has 0 aromatic heterocycles. The van der Waals surface area contributed by atoms with Crippen LogP contribution in [-0.2, 0) is 97.3 Å². The third-order valence-corrected chi connectivity index (χ3v) is 26.6. The number of hydrogen-bond donors (Lipinski definition) is 5. The van der Waals surface area contributed by atoms with Gasteiger partial charge in [-0.3, -0.25) is 19.2 Å². The molecule has 115 heavy (non-hydrogen) atoms. The molecule has 6 aromatic carbocycles. The van der Waals surface area contributed by atoms with Gasteiger partial charge in [0.2, 0.25) is 47.8 Å². The maximum atomic E-state index is 13.7. The Morgan fingerprint density at radius 3 is 1.06 bits per heavy atom. The van der Waals surface area contributed by atoms with Crippen LogP contribution in [0.25, 0.3) is 0 Å². The predicted octanol–water partition coefficient (Wildman–Crippen LogP) is 11.1. The van der Waals surface area contributed by atoms with Crippen LogP contribution < -0.4 is 24.8 Å². The number of halogens is 6. The highest BCUT2D eigenvalue weighted by molar-refractivity contribution is 7.90. The summed E-state index contributed by atoms with van der Waals surface area (Å²) in [5.74, 6) is -1.42. The maximum Gasteiger partial charge on any atom is 0.240 e. The number of nitrogens with zero attached hydrogens (tertiary/aromatic N) is 4. The topological polar surface area (TPSA) is 299 Å². The van der Waals surface area contributed by atoms with E-state index in [0.29, 0.717) is 75.8 Å². The normalized spacial score (nSPS) is 16.3. The van der Waals surface area contributed by atoms with Crippen molar-refractivity contribution >= 4 is 123 Å². The van der Waals surface area contributed by atoms with Gasteiger partial charge in [0.1, 0.15) is 5.78 Å². The van der Waals surface area contributed by atoms with Crippen molar-refractivity contribution in [1.82, 2.24) is 44.4 Å². The molecular weight excluding hydrogens is 1660 g/mol. The number of Topliss-reactive ketones (excluding diaryl/α,β-unsaturated/α-hetero) is 1. The van der Waals surface area contributed by atoms with E-state index in [9.17, 15) is 44.4 Å². The van der Waals surface area contributed by atoms with Crippen LogP contribution in [0.4, 0.5) is 0 Å². The highest BCUT2D eigenvalue weighted by Gasteiger charge is 2.37. The van der Waals surface area contributed by atoms with Crippen LogP contribution in [0.5, 0.6) is 0 Å². The van der Waals surface area contributed by atoms with Crippen molar-refractivity contribution in [2.45, 2.75) is 110 Å². The van der Waals surface area contributed by atoms with Crippen LogP contribution in [0.1, 0.15) is 126 Å². The molecule has 34 heteroatoms. The van der Waals surface area contributed by atoms with Gasteiger partial charge in [-0.1, -0.05) is 106 Å². The predicted molar refractivity (Wildman–Crippen MR) is 447 cm³/mol. The Morgan fingerprint density at radius 2 is 0.730 bits per heavy atom. The lowest BCUT2D eigenvalue weighted by Crippen LogP contribution is -2.36. The number of rotatable bonds is 48. The summed E-state index contributed by atoms with van der Waals surface area (Å²) in [7, 11) is -2.49. The third-order valence-electron chi connectivity index (χ3n) is 20.5. The first-order valence-electron chi connectivity index (χ1n) is 38.4. The second-order valence-electron chi connectivity index (χ2n) is 29.5. The van der Waals surface area contributed by atoms with Crippen molar-refractivity contribution in [2.24, 2.45) is 5.41 Å². The first-order valence-corrected chi connectivity index (χ1v) is 45.1. The fourth-order valence-electron chi connectivity index (χ4n) is 14.5. The summed E-state index contributed by atoms with van der Waals surface area (Å²) < 4.78 is 123. The summed E-state index contributed by atoms with van der Waals surface area (Å²) in [6, 6.07) is 31.3. The number of benzene rings is 6. The molecule has 0 fully saturated rings. The number of amides is 3. The Labute approximate surface area is 706 Å². The molecule has 0 saturated heterocycles. The molecule has 5 N–H and O–H groups in total. The Kier molecular flexibility index (Phi) is 36.7. The van der Waals surface area contributed by atoms with E-state index in [4.69, 9.17) is 98.0 Å². The van der Waals surface area contributed by atoms with Gasteiger partial charge < -0.3 is 58.7 Å². The molecule has 0 unspecified atom stereocenters. The molecular formula is C81H105Cl6N9O16S3. The zero-order chi connectivity index (χ0) is 82.9. The summed E-state index contributed by atoms with van der Waals surface area (Å²) in [4.78, 5) is 62.6. The first-order chi connectivity index (χ1) is 54.9. The monoisotopic (exact) mass is 1770 g/mol. The van der Waals surface area contributed by atoms with E-state index in [2.05, 4.69) is 39.5 Å². The smallest absolute Gasteiger partial charge is 0.240 e. The summed E-state index contributed by atoms with van der Waals surface area (Å²) in [6.45, 7) is 5.95. The van der Waals surface area contributed by atoms with Crippen molar-refractivity contribution in [1.29, 1.82) is 0 Å². The van der Waals surface area contributed by atoms with Gasteiger partial charge in [0.25, 0.3) is 0 Å². The van der Waals surface area contributed by atoms with Crippen LogP contribution in [-0.4, -0.2) is 235 Å². The van der Waals surface area contributed by atoms with Gasteiger partial charge in [-0.25, -0.2) is 39.4 Å². The van der Waals surface area contributed by atoms with E-state index in [1.54, 1.807) is 86.9 Å². The number of likely N-dealkylation sites (N-methyl/N-ethyl adjacent to an activating group) is 3. The van der Waals surface area contributed by atoms with Crippen LogP contribution in [0.15, 0.2) is 124 Å². The lowest BCUT2D eigenvalue weighted by atomic mass is 9.71. The molecule has 0 bridgehead atoms. The third kappa shape index (κ3) is 28.6. The van der Waals surface area contributed by atoms with E-state index in [1.807, 2.05) is 57.5 Å². The molecule has 25 nitrogen and oxygen atoms in total. The van der Waals surface area contributed by atoms with Crippen LogP contribution in [0.2, 0.25) is 30.1 Å². The van der Waals surface area contributed by atoms with Crippen LogP contribution in [0, 0.1) is 5.41 Å². The molecule has 0 spiro atoms. The minimum Gasteiger partial charge on any atom is -0.379 e. The van der Waals surface area contributed by atoms with Crippen molar-refractivity contribution in [2.75, 3.05) is 167 Å². The van der Waals surface area contributed by atoms with Gasteiger partial charge in [0.05, 0.1) is 87.4 Å². The number of ketones is 1. The van der Waals surface area contributed by atoms with E-state index in [1.165, 1.54) is 4.90 Å². The van der Waals surface area contributed by atoms with Gasteiger partial charge in [-0.2, -0.15) is 0 Å². The van der Waals surface area contributed by atoms with Crippen molar-refractivity contribution in [3.8, 4) is 0 Å². The highest BCUT2D eigenvalue weighted by atomic mass is 35.5. The van der Waals surface area contributed by atoms with E-state index < -0.39 is 35.5 Å². The minimum absolute atomic E-state index is 0.00750. The van der Waals surface area contributed by atoms with Gasteiger partial charge >= 0.3 is 0 Å². The Balaban J connectivity index is 0.691. The standard InChI is InChI=1S/C81H105Cl6N9O16S3/c1-93(2)80(100)49-81(20-17-62(97)13-9-28-107-34-35-110-31-25-90-113(101,102)63-14-6-10-56(40-63)69-50-94(3)53-72-66(69)43-59(82)46-75(72)85,21-18-78(98)88-23-29-108-36-38-111-32-26-91-114(103,104)64-15-7-11-57(41-64)70-51-95(4)54-73-67(70)44-60(83)47-76(73)86)22-19-79(99)89-24-30-109-37-39-112-33-27-92-115(105,106)65-16-8-12-58(42-65)71-52-96(5)55-74-68(71)45-61(84)48-77(74)87/h6-8,10-12,14-16,40-48,69-71,90-92H,9,13,17-39,49-55H2,1-5H3,(H,88,98)(H,89,99)/t69-,70-,71-/m0/s1. The summed E-state index contributed by atoms with van der Waals surface area (Å²) >= 11 is 38.9. The Bertz CT molecular complexity index is 4210. The molecule has 3 aliphatic heterocycles. The zero-order valence-corrected chi connectivity index (χ0v) is 72.6. The molecule has 3 heterocycles. The number of carbonyl (C=O) groups is 4. The van der Waals surface area contributed by atoms with Gasteiger partial charge in [-0.05, 0) is 175 Å². The van der Waals surface area contributed by atoms with E-state index in [0.717, 1.165) is 50.1 Å². The Morgan fingerprint density at radius 1 is 0.417 bits per heavy atom. The second kappa shape index (κ2) is 45.2. The molecule has 9 rings (SSSR count). The first kappa shape index (κ1) is 93.4. The molecule has 3 atom stereocenters. The molecule has 3 aliphatic rings. The van der Waals surface area contributed by atoms with Gasteiger partial charge in [0, 0.05) is 173 Å². The van der Waals surface area contributed by atoms with E-state index >= 15 is 0 Å². The van der Waals surface area contributed by atoms with Crippen molar-refractivity contribution in [3.63, 3.8) is 0 Å². The van der Waals surface area contributed by atoms with Crippen molar-refractivity contribution in [3.05, 3.63) is 189 Å². The quantitative estimate of drug-likeness (QED) is 0.0222. The fourth-order valence-corrected chi connectivity index (χ4v) is 19.4. The highest BCUT2D eigenvalue weighted by Crippen LogP contribution is 2.44. The lowest BCUT2D eigenvalue weighted by Gasteiger charge is -2.34. The average molecular weight is 1770 g/mol. The number of hydrogen-bond acceptors (Lipinski definition) is 19. The van der Waals surface area contributed by atoms with Gasteiger partial charge in [0.15, 0.2) is 0 Å². The van der Waals surface area contributed by atoms with Crippen LogP contribution >= 0.6 is 69.6 Å². The average Bonchev–Trinajstić information content (AvgIpc) is 0.781. The number of carbonyl (C=O) groups excluding carboxylic acids is 4. The van der Waals surface area contributed by atoms with Gasteiger partial charge in [-0.15, -0.1) is 0 Å².